The molecule has 0 aliphatic carbocycles. The maximum Gasteiger partial charge on any atom is 0.338 e. The maximum atomic E-state index is 12.6. The maximum absolute atomic E-state index is 12.6. The first-order chi connectivity index (χ1) is 12.2. The van der Waals surface area contributed by atoms with Gasteiger partial charge in [-0.25, -0.2) is 4.79 Å². The Morgan fingerprint density at radius 2 is 1.92 bits per heavy atom. The topological polar surface area (TPSA) is 99.9 Å². The molecule has 124 valence electrons. The number of ether oxygens (including phenoxy) is 1. The zero-order valence-electron chi connectivity index (χ0n) is 13.3. The molecule has 25 heavy (non-hydrogen) atoms. The van der Waals surface area contributed by atoms with Gasteiger partial charge in [-0.3, -0.25) is 9.89 Å². The van der Waals surface area contributed by atoms with Crippen molar-refractivity contribution in [2.24, 2.45) is 0 Å². The van der Waals surface area contributed by atoms with Crippen molar-refractivity contribution < 1.29 is 14.3 Å². The Labute approximate surface area is 142 Å². The van der Waals surface area contributed by atoms with Gasteiger partial charge in [0.05, 0.1) is 18.2 Å². The molecule has 0 aliphatic heterocycles. The van der Waals surface area contributed by atoms with Gasteiger partial charge in [-0.05, 0) is 24.3 Å². The average Bonchev–Trinajstić information content (AvgIpc) is 3.26. The number of nitrogens with one attached hydrogen (secondary N) is 3. The predicted octanol–water partition coefficient (Wildman–Crippen LogP) is 3.08. The second-order valence-electron chi connectivity index (χ2n) is 5.53. The van der Waals surface area contributed by atoms with Crippen LogP contribution in [-0.4, -0.2) is 34.2 Å². The van der Waals surface area contributed by atoms with Gasteiger partial charge >= 0.3 is 5.97 Å². The lowest BCUT2D eigenvalue weighted by molar-refractivity contribution is 0.0603. The van der Waals surface area contributed by atoms with Crippen LogP contribution in [0.1, 0.15) is 20.8 Å². The number of aromatic amines is 2. The van der Waals surface area contributed by atoms with Crippen LogP contribution in [0.4, 0.5) is 5.69 Å². The standard InChI is InChI=1S/C18H14N4O3/c1-25-18(24)13-8-10(9-15-11(13)6-7-19-15)20-17(23)16-12-4-2-3-5-14(12)21-22-16/h2-9,19H,1H3,(H,20,23)(H,21,22). The molecule has 0 fully saturated rings. The number of hydrogen-bond donors (Lipinski definition) is 3. The molecule has 0 saturated carbocycles. The lowest BCUT2D eigenvalue weighted by Crippen LogP contribution is -2.13. The fraction of sp³-hybridized carbons (Fsp3) is 0.0556. The Morgan fingerprint density at radius 3 is 2.76 bits per heavy atom. The molecule has 0 unspecified atom stereocenters. The zero-order chi connectivity index (χ0) is 17.4. The van der Waals surface area contributed by atoms with Crippen LogP contribution in [0.5, 0.6) is 0 Å². The van der Waals surface area contributed by atoms with Crippen molar-refractivity contribution in [3.05, 3.63) is 59.9 Å². The normalized spacial score (nSPS) is 10.9. The van der Waals surface area contributed by atoms with Crippen LogP contribution >= 0.6 is 0 Å². The Bertz CT molecular complexity index is 1110. The first kappa shape index (κ1) is 14.9. The summed E-state index contributed by atoms with van der Waals surface area (Å²) in [5.41, 5.74) is 2.66. The number of carbonyl (C=O) groups excluding carboxylic acids is 2. The summed E-state index contributed by atoms with van der Waals surface area (Å²) < 4.78 is 4.82. The van der Waals surface area contributed by atoms with Crippen molar-refractivity contribution in [3.63, 3.8) is 0 Å². The number of carbonyl (C=O) groups is 2. The number of esters is 1. The molecule has 0 radical (unpaired) electrons. The van der Waals surface area contributed by atoms with E-state index in [9.17, 15) is 9.59 Å². The summed E-state index contributed by atoms with van der Waals surface area (Å²) in [6.45, 7) is 0. The van der Waals surface area contributed by atoms with E-state index in [1.807, 2.05) is 24.3 Å². The van der Waals surface area contributed by atoms with E-state index in [0.717, 1.165) is 21.8 Å². The summed E-state index contributed by atoms with van der Waals surface area (Å²) in [4.78, 5) is 27.6. The fourth-order valence-electron chi connectivity index (χ4n) is 2.84. The molecule has 0 aliphatic rings. The monoisotopic (exact) mass is 334 g/mol. The second kappa shape index (κ2) is 5.79. The number of amides is 1. The first-order valence-corrected chi connectivity index (χ1v) is 7.61. The highest BCUT2D eigenvalue weighted by molar-refractivity contribution is 6.12. The summed E-state index contributed by atoms with van der Waals surface area (Å²) in [7, 11) is 1.32. The van der Waals surface area contributed by atoms with Crippen LogP contribution in [0.15, 0.2) is 48.7 Å². The van der Waals surface area contributed by atoms with Gasteiger partial charge in [-0.2, -0.15) is 5.10 Å². The van der Waals surface area contributed by atoms with Crippen molar-refractivity contribution in [1.82, 2.24) is 15.2 Å². The van der Waals surface area contributed by atoms with Gasteiger partial charge in [0, 0.05) is 28.2 Å². The molecule has 7 nitrogen and oxygen atoms in total. The van der Waals surface area contributed by atoms with Gasteiger partial charge in [0.1, 0.15) is 0 Å². The number of anilines is 1. The molecular formula is C18H14N4O3. The van der Waals surface area contributed by atoms with E-state index in [1.165, 1.54) is 7.11 Å². The summed E-state index contributed by atoms with van der Waals surface area (Å²) in [5.74, 6) is -0.829. The number of hydrogen-bond acceptors (Lipinski definition) is 4. The molecule has 0 atom stereocenters. The molecule has 1 amide bonds. The number of rotatable bonds is 3. The van der Waals surface area contributed by atoms with Crippen molar-refractivity contribution >= 4 is 39.4 Å². The Hall–Kier alpha value is -3.61. The van der Waals surface area contributed by atoms with E-state index in [-0.39, 0.29) is 5.91 Å². The Balaban J connectivity index is 1.73. The molecule has 0 spiro atoms. The fourth-order valence-corrected chi connectivity index (χ4v) is 2.84. The lowest BCUT2D eigenvalue weighted by atomic mass is 10.1. The van der Waals surface area contributed by atoms with E-state index in [2.05, 4.69) is 20.5 Å². The number of fused-ring (bicyclic) bond motifs is 2. The van der Waals surface area contributed by atoms with Gasteiger partial charge in [0.15, 0.2) is 5.69 Å². The molecule has 0 saturated heterocycles. The van der Waals surface area contributed by atoms with Crippen molar-refractivity contribution in [1.29, 1.82) is 0 Å². The molecule has 2 aromatic heterocycles. The smallest absolute Gasteiger partial charge is 0.338 e. The van der Waals surface area contributed by atoms with Crippen molar-refractivity contribution in [2.75, 3.05) is 12.4 Å². The molecule has 2 heterocycles. The van der Waals surface area contributed by atoms with Gasteiger partial charge in [-0.1, -0.05) is 18.2 Å². The number of methoxy groups -OCH3 is 1. The molecule has 7 heteroatoms. The average molecular weight is 334 g/mol. The molecule has 4 aromatic rings. The largest absolute Gasteiger partial charge is 0.465 e. The molecule has 2 aromatic carbocycles. The summed E-state index contributed by atoms with van der Waals surface area (Å²) in [6.07, 6.45) is 1.73. The van der Waals surface area contributed by atoms with Crippen LogP contribution < -0.4 is 5.32 Å². The molecule has 0 bridgehead atoms. The zero-order valence-corrected chi connectivity index (χ0v) is 13.3. The summed E-state index contributed by atoms with van der Waals surface area (Å²) in [5, 5.41) is 11.2. The Morgan fingerprint density at radius 1 is 1.08 bits per heavy atom. The van der Waals surface area contributed by atoms with Gasteiger partial charge in [-0.15, -0.1) is 0 Å². The van der Waals surface area contributed by atoms with E-state index >= 15 is 0 Å². The molecule has 4 rings (SSSR count). The van der Waals surface area contributed by atoms with Crippen LogP contribution in [-0.2, 0) is 4.74 Å². The van der Waals surface area contributed by atoms with Gasteiger partial charge < -0.3 is 15.0 Å². The van der Waals surface area contributed by atoms with Crippen molar-refractivity contribution in [2.45, 2.75) is 0 Å². The number of H-pyrrole nitrogens is 2. The number of benzene rings is 2. The van der Waals surface area contributed by atoms with Crippen LogP contribution in [0.2, 0.25) is 0 Å². The first-order valence-electron chi connectivity index (χ1n) is 7.61. The highest BCUT2D eigenvalue weighted by Gasteiger charge is 2.17. The van der Waals surface area contributed by atoms with E-state index < -0.39 is 5.97 Å². The van der Waals surface area contributed by atoms with E-state index in [0.29, 0.717) is 16.9 Å². The van der Waals surface area contributed by atoms with Crippen molar-refractivity contribution in [3.8, 4) is 0 Å². The SMILES string of the molecule is COC(=O)c1cc(NC(=O)c2n[nH]c3ccccc23)cc2[nH]ccc12. The predicted molar refractivity (Wildman–Crippen MR) is 93.7 cm³/mol. The third kappa shape index (κ3) is 2.51. The molecular weight excluding hydrogens is 320 g/mol. The summed E-state index contributed by atoms with van der Waals surface area (Å²) >= 11 is 0. The van der Waals surface area contributed by atoms with Crippen LogP contribution in [0.3, 0.4) is 0 Å². The second-order valence-corrected chi connectivity index (χ2v) is 5.53. The van der Waals surface area contributed by atoms with Crippen LogP contribution in [0, 0.1) is 0 Å². The Kier molecular flexibility index (Phi) is 3.46. The van der Waals surface area contributed by atoms with E-state index in [1.54, 1.807) is 24.4 Å². The minimum Gasteiger partial charge on any atom is -0.465 e. The molecule has 3 N–H and O–H groups in total. The quantitative estimate of drug-likeness (QED) is 0.501. The number of aromatic nitrogens is 3. The number of para-hydroxylation sites is 1. The summed E-state index contributed by atoms with van der Waals surface area (Å²) in [6, 6.07) is 12.5. The third-order valence-corrected chi connectivity index (χ3v) is 4.02. The lowest BCUT2D eigenvalue weighted by Gasteiger charge is -2.07. The highest BCUT2D eigenvalue weighted by atomic mass is 16.5. The van der Waals surface area contributed by atoms with Gasteiger partial charge in [0.2, 0.25) is 0 Å². The minimum absolute atomic E-state index is 0.293. The highest BCUT2D eigenvalue weighted by Crippen LogP contribution is 2.25. The van der Waals surface area contributed by atoms with E-state index in [4.69, 9.17) is 4.74 Å². The number of nitrogens with zero attached hydrogens (tertiary/aromatic N) is 1. The van der Waals surface area contributed by atoms with Crippen LogP contribution in [0.25, 0.3) is 21.8 Å². The minimum atomic E-state index is -0.467. The third-order valence-electron chi connectivity index (χ3n) is 4.02. The van der Waals surface area contributed by atoms with Gasteiger partial charge in [0.25, 0.3) is 5.91 Å².